The lowest BCUT2D eigenvalue weighted by Gasteiger charge is -2.26. The van der Waals surface area contributed by atoms with Gasteiger partial charge in [-0.3, -0.25) is 5.10 Å². The number of aromatic amines is 1. The van der Waals surface area contributed by atoms with E-state index >= 15 is 0 Å². The summed E-state index contributed by atoms with van der Waals surface area (Å²) in [5.74, 6) is 2.26. The van der Waals surface area contributed by atoms with Crippen molar-refractivity contribution >= 4 is 42.0 Å². The van der Waals surface area contributed by atoms with Gasteiger partial charge in [-0.1, -0.05) is 43.0 Å². The van der Waals surface area contributed by atoms with Crippen molar-refractivity contribution in [3.8, 4) is 0 Å². The van der Waals surface area contributed by atoms with Crippen LogP contribution < -0.4 is 10.2 Å². The second kappa shape index (κ2) is 9.82. The number of allylic oxidation sites excluding steroid dienone is 1. The van der Waals surface area contributed by atoms with E-state index in [0.29, 0.717) is 36.8 Å². The van der Waals surface area contributed by atoms with Crippen molar-refractivity contribution in [1.82, 2.24) is 25.1 Å². The Bertz CT molecular complexity index is 1100. The van der Waals surface area contributed by atoms with Crippen molar-refractivity contribution in [3.05, 3.63) is 65.6 Å². The highest BCUT2D eigenvalue weighted by atomic mass is 16.5. The van der Waals surface area contributed by atoms with Gasteiger partial charge in [-0.2, -0.15) is 20.1 Å². The summed E-state index contributed by atoms with van der Waals surface area (Å²) in [7, 11) is 0. The normalized spacial score (nSPS) is 14.4. The van der Waals surface area contributed by atoms with Gasteiger partial charge in [0.25, 0.3) is 0 Å². The summed E-state index contributed by atoms with van der Waals surface area (Å²) in [5, 5.41) is 10.4. The maximum Gasteiger partial charge on any atom is 0.233 e. The van der Waals surface area contributed by atoms with E-state index in [1.165, 1.54) is 0 Å². The number of anilines is 3. The standard InChI is InChI=1S/C23H25N7O/c1-3-6-19-16-21(29-28-19)25-22-24-20(10-9-18-8-5-7-17(4-2)15-18)26-23(27-22)30-11-13-31-14-12-30/h3-10,15-16H,2,11-14H2,1H3,(H2,24,25,26,27,28,29)/b6-3+,10-9+. The fourth-order valence-corrected chi connectivity index (χ4v) is 3.16. The molecule has 0 unspecified atom stereocenters. The molecule has 4 rings (SSSR count). The molecule has 158 valence electrons. The highest BCUT2D eigenvalue weighted by Gasteiger charge is 2.16. The van der Waals surface area contributed by atoms with Gasteiger partial charge in [-0.15, -0.1) is 0 Å². The van der Waals surface area contributed by atoms with E-state index in [1.807, 2.05) is 61.6 Å². The lowest BCUT2D eigenvalue weighted by molar-refractivity contribution is 0.122. The zero-order valence-electron chi connectivity index (χ0n) is 17.5. The molecule has 2 N–H and O–H groups in total. The number of benzene rings is 1. The van der Waals surface area contributed by atoms with Gasteiger partial charge in [0.1, 0.15) is 0 Å². The molecule has 0 radical (unpaired) electrons. The van der Waals surface area contributed by atoms with E-state index in [2.05, 4.69) is 48.0 Å². The summed E-state index contributed by atoms with van der Waals surface area (Å²) in [6, 6.07) is 9.99. The van der Waals surface area contributed by atoms with Crippen LogP contribution in [0.2, 0.25) is 0 Å². The Kier molecular flexibility index (Phi) is 6.49. The van der Waals surface area contributed by atoms with Gasteiger partial charge in [-0.05, 0) is 36.3 Å². The lowest BCUT2D eigenvalue weighted by Crippen LogP contribution is -2.37. The summed E-state index contributed by atoms with van der Waals surface area (Å²) in [6.07, 6.45) is 9.57. The Hall–Kier alpha value is -3.78. The first-order chi connectivity index (χ1) is 15.2. The third-order valence-electron chi connectivity index (χ3n) is 4.69. The number of hydrogen-bond acceptors (Lipinski definition) is 7. The van der Waals surface area contributed by atoms with Crippen LogP contribution in [0.4, 0.5) is 17.7 Å². The zero-order valence-corrected chi connectivity index (χ0v) is 17.5. The van der Waals surface area contributed by atoms with E-state index in [1.54, 1.807) is 0 Å². The molecule has 1 saturated heterocycles. The molecule has 0 bridgehead atoms. The maximum absolute atomic E-state index is 5.46. The Balaban J connectivity index is 1.63. The van der Waals surface area contributed by atoms with Crippen molar-refractivity contribution in [2.45, 2.75) is 6.92 Å². The molecule has 0 aliphatic carbocycles. The van der Waals surface area contributed by atoms with Gasteiger partial charge in [0.15, 0.2) is 11.6 Å². The van der Waals surface area contributed by atoms with Crippen LogP contribution in [0, 0.1) is 0 Å². The number of ether oxygens (including phenoxy) is 1. The van der Waals surface area contributed by atoms with Gasteiger partial charge < -0.3 is 15.0 Å². The number of hydrogen-bond donors (Lipinski definition) is 2. The number of aromatic nitrogens is 5. The van der Waals surface area contributed by atoms with Crippen LogP contribution in [0.3, 0.4) is 0 Å². The molecule has 1 aliphatic rings. The number of nitrogens with one attached hydrogen (secondary N) is 2. The molecule has 8 nitrogen and oxygen atoms in total. The average molecular weight is 416 g/mol. The van der Waals surface area contributed by atoms with Crippen LogP contribution in [-0.2, 0) is 4.74 Å². The first kappa shape index (κ1) is 20.5. The number of H-pyrrole nitrogens is 1. The van der Waals surface area contributed by atoms with Gasteiger partial charge in [0.2, 0.25) is 11.9 Å². The van der Waals surface area contributed by atoms with Crippen LogP contribution in [0.5, 0.6) is 0 Å². The van der Waals surface area contributed by atoms with Crippen LogP contribution in [0.25, 0.3) is 24.3 Å². The van der Waals surface area contributed by atoms with Crippen molar-refractivity contribution in [2.75, 3.05) is 36.5 Å². The van der Waals surface area contributed by atoms with Crippen LogP contribution in [0.1, 0.15) is 29.6 Å². The first-order valence-corrected chi connectivity index (χ1v) is 10.2. The molecule has 3 heterocycles. The predicted octanol–water partition coefficient (Wildman–Crippen LogP) is 4.02. The highest BCUT2D eigenvalue weighted by molar-refractivity contribution is 5.69. The number of nitrogens with zero attached hydrogens (tertiary/aromatic N) is 5. The van der Waals surface area contributed by atoms with Crippen molar-refractivity contribution in [1.29, 1.82) is 0 Å². The van der Waals surface area contributed by atoms with Crippen molar-refractivity contribution in [3.63, 3.8) is 0 Å². The molecule has 3 aromatic rings. The van der Waals surface area contributed by atoms with Gasteiger partial charge in [0.05, 0.1) is 18.9 Å². The van der Waals surface area contributed by atoms with Crippen molar-refractivity contribution < 1.29 is 4.74 Å². The van der Waals surface area contributed by atoms with Crippen molar-refractivity contribution in [2.24, 2.45) is 0 Å². The largest absolute Gasteiger partial charge is 0.378 e. The molecule has 1 aromatic carbocycles. The van der Waals surface area contributed by atoms with E-state index in [9.17, 15) is 0 Å². The molecule has 2 aromatic heterocycles. The lowest BCUT2D eigenvalue weighted by atomic mass is 10.1. The molecule has 31 heavy (non-hydrogen) atoms. The molecule has 0 saturated carbocycles. The van der Waals surface area contributed by atoms with Gasteiger partial charge >= 0.3 is 0 Å². The van der Waals surface area contributed by atoms with Gasteiger partial charge in [0, 0.05) is 19.2 Å². The molecule has 0 spiro atoms. The topological polar surface area (TPSA) is 91.9 Å². The summed E-state index contributed by atoms with van der Waals surface area (Å²) in [5.41, 5.74) is 3.00. The van der Waals surface area contributed by atoms with E-state index in [4.69, 9.17) is 4.74 Å². The second-order valence-corrected chi connectivity index (χ2v) is 6.96. The average Bonchev–Trinajstić information content (AvgIpc) is 3.25. The van der Waals surface area contributed by atoms with E-state index in [0.717, 1.165) is 29.9 Å². The summed E-state index contributed by atoms with van der Waals surface area (Å²) >= 11 is 0. The monoisotopic (exact) mass is 415 g/mol. The molecule has 1 aliphatic heterocycles. The minimum Gasteiger partial charge on any atom is -0.378 e. The zero-order chi connectivity index (χ0) is 21.5. The smallest absolute Gasteiger partial charge is 0.233 e. The first-order valence-electron chi connectivity index (χ1n) is 10.2. The summed E-state index contributed by atoms with van der Waals surface area (Å²) in [6.45, 7) is 8.56. The molecule has 0 amide bonds. The van der Waals surface area contributed by atoms with Crippen LogP contribution in [0.15, 0.2) is 43.0 Å². The maximum atomic E-state index is 5.46. The Morgan fingerprint density at radius 1 is 1.06 bits per heavy atom. The fraction of sp³-hybridized carbons (Fsp3) is 0.217. The fourth-order valence-electron chi connectivity index (χ4n) is 3.16. The summed E-state index contributed by atoms with van der Waals surface area (Å²) < 4.78 is 5.46. The van der Waals surface area contributed by atoms with Gasteiger partial charge in [-0.25, -0.2) is 0 Å². The minimum atomic E-state index is 0.439. The van der Waals surface area contributed by atoms with Crippen LogP contribution >= 0.6 is 0 Å². The molecule has 1 fully saturated rings. The molecule has 0 atom stereocenters. The Morgan fingerprint density at radius 2 is 1.90 bits per heavy atom. The third kappa shape index (κ3) is 5.43. The quantitative estimate of drug-likeness (QED) is 0.602. The SMILES string of the molecule is C=Cc1cccc(/C=C/c2nc(Nc3cc(/C=C/C)[nH]n3)nc(N3CCOCC3)n2)c1. The minimum absolute atomic E-state index is 0.439. The molecular weight excluding hydrogens is 390 g/mol. The van der Waals surface area contributed by atoms with Crippen LogP contribution in [-0.4, -0.2) is 51.5 Å². The highest BCUT2D eigenvalue weighted by Crippen LogP contribution is 2.18. The third-order valence-corrected chi connectivity index (χ3v) is 4.69. The molecular formula is C23H25N7O. The Morgan fingerprint density at radius 3 is 2.71 bits per heavy atom. The predicted molar refractivity (Wildman–Crippen MR) is 125 cm³/mol. The number of morpholine rings is 1. The Labute approximate surface area is 181 Å². The second-order valence-electron chi connectivity index (χ2n) is 6.96. The molecule has 8 heteroatoms. The van der Waals surface area contributed by atoms with E-state index < -0.39 is 0 Å². The number of rotatable bonds is 7. The van der Waals surface area contributed by atoms with E-state index in [-0.39, 0.29) is 0 Å². The summed E-state index contributed by atoms with van der Waals surface area (Å²) in [4.78, 5) is 15.9.